The number of rotatable bonds is 3. The molecular weight excluding hydrogens is 276 g/mol. The highest BCUT2D eigenvalue weighted by molar-refractivity contribution is 8.06. The second-order valence-electron chi connectivity index (χ2n) is 4.87. The first kappa shape index (κ1) is 13.2. The van der Waals surface area contributed by atoms with Crippen molar-refractivity contribution in [2.45, 2.75) is 17.7 Å². The third-order valence-electron chi connectivity index (χ3n) is 3.48. The smallest absolute Gasteiger partial charge is 0.242 e. The lowest BCUT2D eigenvalue weighted by molar-refractivity contribution is -0.121. The Kier molecular flexibility index (Phi) is 4.23. The van der Waals surface area contributed by atoms with Crippen LogP contribution in [0.1, 0.15) is 5.56 Å². The predicted molar refractivity (Wildman–Crippen MR) is 84.1 cm³/mol. The highest BCUT2D eigenvalue weighted by Crippen LogP contribution is 2.26. The van der Waals surface area contributed by atoms with Crippen molar-refractivity contribution in [3.63, 3.8) is 0 Å². The highest BCUT2D eigenvalue weighted by atomic mass is 32.2. The summed E-state index contributed by atoms with van der Waals surface area (Å²) in [5.41, 5.74) is 2.34. The average molecular weight is 294 g/mol. The highest BCUT2D eigenvalue weighted by Gasteiger charge is 2.26. The lowest BCUT2D eigenvalue weighted by Gasteiger charge is -2.22. The van der Waals surface area contributed by atoms with Crippen molar-refractivity contribution in [2.75, 3.05) is 29.1 Å². The van der Waals surface area contributed by atoms with E-state index in [1.807, 2.05) is 41.7 Å². The summed E-state index contributed by atoms with van der Waals surface area (Å²) in [5.74, 6) is 3.74. The van der Waals surface area contributed by atoms with E-state index in [0.29, 0.717) is 5.25 Å². The van der Waals surface area contributed by atoms with Gasteiger partial charge in [0.2, 0.25) is 5.91 Å². The number of para-hydroxylation sites is 1. The molecule has 2 heterocycles. The number of amides is 1. The van der Waals surface area contributed by atoms with Crippen LogP contribution in [-0.2, 0) is 11.2 Å². The first-order valence-electron chi connectivity index (χ1n) is 6.64. The number of fused-ring (bicyclic) bond motifs is 1. The Morgan fingerprint density at radius 3 is 3.05 bits per heavy atom. The lowest BCUT2D eigenvalue weighted by atomic mass is 10.1. The first-order chi connectivity index (χ1) is 9.33. The van der Waals surface area contributed by atoms with Crippen molar-refractivity contribution in [3.05, 3.63) is 29.8 Å². The van der Waals surface area contributed by atoms with Crippen LogP contribution in [0.25, 0.3) is 0 Å². The van der Waals surface area contributed by atoms with Gasteiger partial charge >= 0.3 is 0 Å². The third kappa shape index (κ3) is 3.20. The number of hydrogen-bond acceptors (Lipinski definition) is 4. The maximum absolute atomic E-state index is 12.2. The van der Waals surface area contributed by atoms with E-state index in [2.05, 4.69) is 16.7 Å². The van der Waals surface area contributed by atoms with E-state index in [0.717, 1.165) is 24.4 Å². The van der Waals surface area contributed by atoms with Crippen molar-refractivity contribution in [1.82, 2.24) is 5.32 Å². The number of anilines is 1. The molecule has 3 nitrogen and oxygen atoms in total. The summed E-state index contributed by atoms with van der Waals surface area (Å²) in [6.07, 6.45) is 0.800. The number of thioether (sulfide) groups is 2. The molecular formula is C14H18N2OS2. The minimum Gasteiger partial charge on any atom is -0.373 e. The summed E-state index contributed by atoms with van der Waals surface area (Å²) in [7, 11) is 0. The Hall–Kier alpha value is -0.810. The minimum absolute atomic E-state index is 0.0985. The molecule has 1 aromatic rings. The molecule has 2 N–H and O–H groups in total. The fourth-order valence-corrected chi connectivity index (χ4v) is 5.06. The SMILES string of the molecule is O=C(NCC1CSCCS1)C1Cc2ccccc2N1. The fraction of sp³-hybridized carbons (Fsp3) is 0.500. The first-order valence-corrected chi connectivity index (χ1v) is 8.85. The Balaban J connectivity index is 1.49. The van der Waals surface area contributed by atoms with Gasteiger partial charge in [0.15, 0.2) is 0 Å². The lowest BCUT2D eigenvalue weighted by Crippen LogP contribution is -2.42. The molecule has 19 heavy (non-hydrogen) atoms. The Labute approximate surface area is 122 Å². The summed E-state index contributed by atoms with van der Waals surface area (Å²) < 4.78 is 0. The standard InChI is InChI=1S/C14H18N2OS2/c17-14(15-8-11-9-18-5-6-19-11)13-7-10-3-1-2-4-12(10)16-13/h1-4,11,13,16H,5-9H2,(H,15,17). The molecule has 1 amide bonds. The zero-order valence-corrected chi connectivity index (χ0v) is 12.4. The maximum Gasteiger partial charge on any atom is 0.242 e. The van der Waals surface area contributed by atoms with Gasteiger partial charge in [-0.2, -0.15) is 23.5 Å². The minimum atomic E-state index is -0.0985. The molecule has 5 heteroatoms. The van der Waals surface area contributed by atoms with Crippen LogP contribution in [0.15, 0.2) is 24.3 Å². The molecule has 2 unspecified atom stereocenters. The number of carbonyl (C=O) groups is 1. The van der Waals surface area contributed by atoms with Crippen LogP contribution in [0.5, 0.6) is 0 Å². The van der Waals surface area contributed by atoms with E-state index in [4.69, 9.17) is 0 Å². The molecule has 0 radical (unpaired) electrons. The third-order valence-corrected chi connectivity index (χ3v) is 6.32. The van der Waals surface area contributed by atoms with Crippen LogP contribution < -0.4 is 10.6 Å². The van der Waals surface area contributed by atoms with Crippen LogP contribution in [0.4, 0.5) is 5.69 Å². The topological polar surface area (TPSA) is 41.1 Å². The van der Waals surface area contributed by atoms with Crippen LogP contribution in [0, 0.1) is 0 Å². The van der Waals surface area contributed by atoms with E-state index in [9.17, 15) is 4.79 Å². The molecule has 1 aromatic carbocycles. The van der Waals surface area contributed by atoms with Crippen LogP contribution in [0.2, 0.25) is 0 Å². The van der Waals surface area contributed by atoms with E-state index in [1.54, 1.807) is 0 Å². The zero-order chi connectivity index (χ0) is 13.1. The van der Waals surface area contributed by atoms with E-state index >= 15 is 0 Å². The molecule has 2 aliphatic heterocycles. The largest absolute Gasteiger partial charge is 0.373 e. The molecule has 0 saturated carbocycles. The van der Waals surface area contributed by atoms with Crippen molar-refractivity contribution < 1.29 is 4.79 Å². The van der Waals surface area contributed by atoms with Crippen LogP contribution in [0.3, 0.4) is 0 Å². The Morgan fingerprint density at radius 1 is 1.37 bits per heavy atom. The van der Waals surface area contributed by atoms with Gasteiger partial charge in [0.1, 0.15) is 6.04 Å². The van der Waals surface area contributed by atoms with Crippen LogP contribution >= 0.6 is 23.5 Å². The fourth-order valence-electron chi connectivity index (χ4n) is 2.45. The van der Waals surface area contributed by atoms with E-state index in [-0.39, 0.29) is 11.9 Å². The van der Waals surface area contributed by atoms with Crippen molar-refractivity contribution in [2.24, 2.45) is 0 Å². The second-order valence-corrected chi connectivity index (χ2v) is 7.43. The average Bonchev–Trinajstić information content (AvgIpc) is 2.90. The predicted octanol–water partition coefficient (Wildman–Crippen LogP) is 1.99. The van der Waals surface area contributed by atoms with Crippen LogP contribution in [-0.4, -0.2) is 41.0 Å². The van der Waals surface area contributed by atoms with Gasteiger partial charge in [-0.1, -0.05) is 18.2 Å². The summed E-state index contributed by atoms with van der Waals surface area (Å²) in [5, 5.41) is 6.97. The van der Waals surface area contributed by atoms with Gasteiger partial charge in [-0.3, -0.25) is 4.79 Å². The van der Waals surface area contributed by atoms with Gasteiger partial charge in [0, 0.05) is 41.2 Å². The Morgan fingerprint density at radius 2 is 2.26 bits per heavy atom. The monoisotopic (exact) mass is 294 g/mol. The number of benzene rings is 1. The molecule has 102 valence electrons. The van der Waals surface area contributed by atoms with Gasteiger partial charge in [-0.15, -0.1) is 0 Å². The van der Waals surface area contributed by atoms with Crippen molar-refractivity contribution >= 4 is 35.1 Å². The number of carbonyl (C=O) groups excluding carboxylic acids is 1. The molecule has 0 aliphatic carbocycles. The number of nitrogens with one attached hydrogen (secondary N) is 2. The van der Waals surface area contributed by atoms with E-state index in [1.165, 1.54) is 17.1 Å². The normalized spacial score (nSPS) is 25.5. The molecule has 0 spiro atoms. The number of hydrogen-bond donors (Lipinski definition) is 2. The second kappa shape index (κ2) is 6.09. The summed E-state index contributed by atoms with van der Waals surface area (Å²) in [6.45, 7) is 0.797. The maximum atomic E-state index is 12.2. The van der Waals surface area contributed by atoms with Gasteiger partial charge in [0.05, 0.1) is 0 Å². The summed E-state index contributed by atoms with van der Waals surface area (Å²) in [6, 6.07) is 8.05. The van der Waals surface area contributed by atoms with Gasteiger partial charge < -0.3 is 10.6 Å². The molecule has 2 aliphatic rings. The molecule has 0 bridgehead atoms. The molecule has 1 fully saturated rings. The molecule has 0 aromatic heterocycles. The van der Waals surface area contributed by atoms with Gasteiger partial charge in [0.25, 0.3) is 0 Å². The molecule has 1 saturated heterocycles. The zero-order valence-electron chi connectivity index (χ0n) is 10.7. The van der Waals surface area contributed by atoms with Gasteiger partial charge in [-0.05, 0) is 11.6 Å². The summed E-state index contributed by atoms with van der Waals surface area (Å²) in [4.78, 5) is 12.2. The molecule has 3 rings (SSSR count). The van der Waals surface area contributed by atoms with E-state index < -0.39 is 0 Å². The van der Waals surface area contributed by atoms with Crippen molar-refractivity contribution in [1.29, 1.82) is 0 Å². The molecule has 2 atom stereocenters. The van der Waals surface area contributed by atoms with Crippen molar-refractivity contribution in [3.8, 4) is 0 Å². The van der Waals surface area contributed by atoms with Gasteiger partial charge in [-0.25, -0.2) is 0 Å². The quantitative estimate of drug-likeness (QED) is 0.894. The summed E-state index contributed by atoms with van der Waals surface area (Å²) >= 11 is 3.97. The Bertz CT molecular complexity index is 436.